The van der Waals surface area contributed by atoms with Gasteiger partial charge in [-0.2, -0.15) is 11.8 Å². The first-order chi connectivity index (χ1) is 5.77. The molecule has 1 rings (SSSR count). The first kappa shape index (κ1) is 10.2. The summed E-state index contributed by atoms with van der Waals surface area (Å²) in [6.45, 7) is 1.77. The predicted octanol–water partition coefficient (Wildman–Crippen LogP) is 1.58. The number of amides is 1. The third kappa shape index (κ3) is 2.56. The zero-order chi connectivity index (χ0) is 8.97. The molecule has 12 heavy (non-hydrogen) atoms. The van der Waals surface area contributed by atoms with Crippen molar-refractivity contribution in [3.8, 4) is 0 Å². The predicted molar refractivity (Wildman–Crippen MR) is 53.8 cm³/mol. The van der Waals surface area contributed by atoms with E-state index in [-0.39, 0.29) is 11.8 Å². The van der Waals surface area contributed by atoms with Crippen molar-refractivity contribution in [2.75, 3.05) is 25.2 Å². The number of carbonyl (C=O) groups excluding carboxylic acids is 1. The van der Waals surface area contributed by atoms with Crippen molar-refractivity contribution < 1.29 is 4.79 Å². The maximum Gasteiger partial charge on any atom is 0.237 e. The summed E-state index contributed by atoms with van der Waals surface area (Å²) in [5.41, 5.74) is 0. The average molecular weight is 208 g/mol. The number of piperidine rings is 1. The summed E-state index contributed by atoms with van der Waals surface area (Å²) in [7, 11) is 0. The zero-order valence-corrected chi connectivity index (χ0v) is 8.83. The highest BCUT2D eigenvalue weighted by Gasteiger charge is 2.21. The molecule has 0 N–H and O–H groups in total. The summed E-state index contributed by atoms with van der Waals surface area (Å²) in [6.07, 6.45) is 4.45. The van der Waals surface area contributed by atoms with E-state index in [9.17, 15) is 4.79 Å². The minimum Gasteiger partial charge on any atom is -0.341 e. The van der Waals surface area contributed by atoms with Crippen LogP contribution >= 0.6 is 23.4 Å². The second-order valence-electron chi connectivity index (χ2n) is 2.97. The first-order valence-electron chi connectivity index (χ1n) is 4.14. The molecule has 0 aromatic carbocycles. The molecule has 0 saturated carbocycles. The Hall–Kier alpha value is 0.110. The second kappa shape index (κ2) is 4.97. The third-order valence-electron chi connectivity index (χ3n) is 2.18. The molecule has 0 radical (unpaired) electrons. The monoisotopic (exact) mass is 207 g/mol. The Labute approximate surface area is 82.6 Å². The second-order valence-corrected chi connectivity index (χ2v) is 4.38. The molecule has 1 atom stereocenters. The molecule has 1 unspecified atom stereocenters. The van der Waals surface area contributed by atoms with Crippen LogP contribution in [0.3, 0.4) is 0 Å². The van der Waals surface area contributed by atoms with Crippen molar-refractivity contribution in [2.45, 2.75) is 18.1 Å². The van der Waals surface area contributed by atoms with Gasteiger partial charge in [0.1, 0.15) is 5.88 Å². The van der Waals surface area contributed by atoms with Crippen LogP contribution in [0.2, 0.25) is 0 Å². The Kier molecular flexibility index (Phi) is 4.22. The Morgan fingerprint density at radius 2 is 2.50 bits per heavy atom. The van der Waals surface area contributed by atoms with E-state index in [0.29, 0.717) is 5.25 Å². The zero-order valence-electron chi connectivity index (χ0n) is 7.25. The molecule has 0 aromatic rings. The fourth-order valence-corrected chi connectivity index (χ4v) is 2.34. The standard InChI is InChI=1S/C8H14ClNOS/c1-12-7-3-2-4-10(6-7)8(11)5-9/h7H,2-6H2,1H3. The molecule has 4 heteroatoms. The fraction of sp³-hybridized carbons (Fsp3) is 0.875. The number of likely N-dealkylation sites (tertiary alicyclic amines) is 1. The van der Waals surface area contributed by atoms with Crippen LogP contribution in [0.4, 0.5) is 0 Å². The minimum absolute atomic E-state index is 0.0791. The van der Waals surface area contributed by atoms with Crippen LogP contribution in [0, 0.1) is 0 Å². The summed E-state index contributed by atoms with van der Waals surface area (Å²) in [6, 6.07) is 0. The molecule has 0 aliphatic carbocycles. The van der Waals surface area contributed by atoms with E-state index in [4.69, 9.17) is 11.6 Å². The van der Waals surface area contributed by atoms with Gasteiger partial charge in [-0.15, -0.1) is 11.6 Å². The van der Waals surface area contributed by atoms with E-state index in [1.54, 1.807) is 0 Å². The van der Waals surface area contributed by atoms with Crippen LogP contribution in [0.1, 0.15) is 12.8 Å². The van der Waals surface area contributed by atoms with E-state index in [1.165, 1.54) is 6.42 Å². The van der Waals surface area contributed by atoms with Crippen molar-refractivity contribution in [1.82, 2.24) is 4.90 Å². The summed E-state index contributed by atoms with van der Waals surface area (Å²) in [5.74, 6) is 0.205. The Morgan fingerprint density at radius 3 is 3.08 bits per heavy atom. The molecule has 1 saturated heterocycles. The van der Waals surface area contributed by atoms with Crippen LogP contribution in [-0.2, 0) is 4.79 Å². The number of alkyl halides is 1. The summed E-state index contributed by atoms with van der Waals surface area (Å²) >= 11 is 7.32. The normalized spacial score (nSPS) is 24.2. The lowest BCUT2D eigenvalue weighted by molar-refractivity contribution is -0.129. The van der Waals surface area contributed by atoms with E-state index < -0.39 is 0 Å². The van der Waals surface area contributed by atoms with Crippen LogP contribution in [0.15, 0.2) is 0 Å². The maximum atomic E-state index is 11.2. The SMILES string of the molecule is CSC1CCCN(C(=O)CCl)C1. The number of halogens is 1. The molecule has 70 valence electrons. The van der Waals surface area contributed by atoms with Crippen molar-refractivity contribution in [3.63, 3.8) is 0 Å². The molecular weight excluding hydrogens is 194 g/mol. The number of nitrogens with zero attached hydrogens (tertiary/aromatic N) is 1. The van der Waals surface area contributed by atoms with Gasteiger partial charge >= 0.3 is 0 Å². The van der Waals surface area contributed by atoms with Crippen LogP contribution in [0.25, 0.3) is 0 Å². The van der Waals surface area contributed by atoms with Gasteiger partial charge in [-0.3, -0.25) is 4.79 Å². The topological polar surface area (TPSA) is 20.3 Å². The largest absolute Gasteiger partial charge is 0.341 e. The summed E-state index contributed by atoms with van der Waals surface area (Å²) < 4.78 is 0. The van der Waals surface area contributed by atoms with Gasteiger partial charge in [0.2, 0.25) is 5.91 Å². The molecule has 1 heterocycles. The first-order valence-corrected chi connectivity index (χ1v) is 5.96. The molecule has 1 fully saturated rings. The number of hydrogen-bond acceptors (Lipinski definition) is 2. The lowest BCUT2D eigenvalue weighted by atomic mass is 10.1. The molecule has 0 spiro atoms. The van der Waals surface area contributed by atoms with E-state index >= 15 is 0 Å². The number of thioether (sulfide) groups is 1. The molecular formula is C8H14ClNOS. The summed E-state index contributed by atoms with van der Waals surface area (Å²) in [5, 5.41) is 0.617. The van der Waals surface area contributed by atoms with Crippen molar-refractivity contribution >= 4 is 29.3 Å². The summed E-state index contributed by atoms with van der Waals surface area (Å²) in [4.78, 5) is 13.1. The number of carbonyl (C=O) groups is 1. The van der Waals surface area contributed by atoms with Gasteiger partial charge in [0, 0.05) is 18.3 Å². The highest BCUT2D eigenvalue weighted by atomic mass is 35.5. The van der Waals surface area contributed by atoms with Crippen LogP contribution in [-0.4, -0.2) is 41.3 Å². The van der Waals surface area contributed by atoms with Gasteiger partial charge in [-0.25, -0.2) is 0 Å². The van der Waals surface area contributed by atoms with Crippen LogP contribution in [0.5, 0.6) is 0 Å². The lowest BCUT2D eigenvalue weighted by Gasteiger charge is -2.31. The van der Waals surface area contributed by atoms with Gasteiger partial charge in [-0.1, -0.05) is 0 Å². The van der Waals surface area contributed by atoms with E-state index in [1.807, 2.05) is 16.7 Å². The molecule has 1 amide bonds. The van der Waals surface area contributed by atoms with Gasteiger partial charge in [-0.05, 0) is 19.1 Å². The van der Waals surface area contributed by atoms with Gasteiger partial charge in [0.25, 0.3) is 0 Å². The maximum absolute atomic E-state index is 11.2. The molecule has 0 bridgehead atoms. The fourth-order valence-electron chi connectivity index (χ4n) is 1.44. The van der Waals surface area contributed by atoms with Gasteiger partial charge in [0.15, 0.2) is 0 Å². The molecule has 1 aliphatic heterocycles. The Bertz CT molecular complexity index is 165. The quantitative estimate of drug-likeness (QED) is 0.641. The molecule has 1 aliphatic rings. The highest BCUT2D eigenvalue weighted by molar-refractivity contribution is 7.99. The smallest absolute Gasteiger partial charge is 0.237 e. The van der Waals surface area contributed by atoms with Crippen LogP contribution < -0.4 is 0 Å². The number of rotatable bonds is 2. The highest BCUT2D eigenvalue weighted by Crippen LogP contribution is 2.20. The lowest BCUT2D eigenvalue weighted by Crippen LogP contribution is -2.41. The van der Waals surface area contributed by atoms with Crippen molar-refractivity contribution in [2.24, 2.45) is 0 Å². The molecule has 0 aromatic heterocycles. The van der Waals surface area contributed by atoms with E-state index in [0.717, 1.165) is 19.5 Å². The van der Waals surface area contributed by atoms with Crippen molar-refractivity contribution in [1.29, 1.82) is 0 Å². The van der Waals surface area contributed by atoms with E-state index in [2.05, 4.69) is 6.26 Å². The average Bonchev–Trinajstić information content (AvgIpc) is 2.17. The molecule has 2 nitrogen and oxygen atoms in total. The van der Waals surface area contributed by atoms with Gasteiger partial charge in [0.05, 0.1) is 0 Å². The number of hydrogen-bond donors (Lipinski definition) is 0. The Balaban J connectivity index is 2.40. The van der Waals surface area contributed by atoms with Gasteiger partial charge < -0.3 is 4.90 Å². The minimum atomic E-state index is 0.0791. The Morgan fingerprint density at radius 1 is 1.75 bits per heavy atom. The third-order valence-corrected chi connectivity index (χ3v) is 3.46. The van der Waals surface area contributed by atoms with Crippen molar-refractivity contribution in [3.05, 3.63) is 0 Å².